The lowest BCUT2D eigenvalue weighted by molar-refractivity contribution is 0.410. The summed E-state index contributed by atoms with van der Waals surface area (Å²) in [4.78, 5) is 0.205. The lowest BCUT2D eigenvalue weighted by Gasteiger charge is -2.23. The molecule has 0 aliphatic carbocycles. The van der Waals surface area contributed by atoms with Crippen LogP contribution in [0.5, 0.6) is 5.75 Å². The highest BCUT2D eigenvalue weighted by Gasteiger charge is 2.33. The molecule has 6 nitrogen and oxygen atoms in total. The van der Waals surface area contributed by atoms with E-state index in [2.05, 4.69) is 15.2 Å². The quantitative estimate of drug-likeness (QED) is 0.334. The van der Waals surface area contributed by atoms with E-state index in [1.807, 2.05) is 31.2 Å². The molecule has 1 aliphatic heterocycles. The summed E-state index contributed by atoms with van der Waals surface area (Å²) < 4.78 is 35.9. The molecule has 0 saturated carbocycles. The summed E-state index contributed by atoms with van der Waals surface area (Å²) in [7, 11) is -2.43. The van der Waals surface area contributed by atoms with E-state index in [4.69, 9.17) is 39.5 Å². The molecule has 190 valence electrons. The highest BCUT2D eigenvalue weighted by molar-refractivity contribution is 7.89. The second-order valence-electron chi connectivity index (χ2n) is 8.74. The van der Waals surface area contributed by atoms with E-state index in [0.29, 0.717) is 49.6 Å². The Morgan fingerprint density at radius 1 is 1.00 bits per heavy atom. The average molecular weight is 567 g/mol. The molecule has 0 aromatic heterocycles. The predicted molar refractivity (Wildman–Crippen MR) is 146 cm³/mol. The van der Waals surface area contributed by atoms with Gasteiger partial charge in [-0.1, -0.05) is 53.0 Å². The van der Waals surface area contributed by atoms with Gasteiger partial charge in [-0.15, -0.1) is 0 Å². The predicted octanol–water partition coefficient (Wildman–Crippen LogP) is 6.69. The van der Waals surface area contributed by atoms with Crippen molar-refractivity contribution in [1.29, 1.82) is 0 Å². The van der Waals surface area contributed by atoms with Gasteiger partial charge < -0.3 is 10.2 Å². The summed E-state index contributed by atoms with van der Waals surface area (Å²) in [6, 6.07) is 13.2. The fourth-order valence-electron chi connectivity index (χ4n) is 4.44. The summed E-state index contributed by atoms with van der Waals surface area (Å²) in [5.41, 5.74) is 7.22. The monoisotopic (exact) mass is 565 g/mol. The van der Waals surface area contributed by atoms with Crippen molar-refractivity contribution in [3.63, 3.8) is 0 Å². The van der Waals surface area contributed by atoms with Crippen molar-refractivity contribution in [2.75, 3.05) is 7.11 Å². The van der Waals surface area contributed by atoms with Crippen molar-refractivity contribution in [1.82, 2.24) is 10.1 Å². The third kappa shape index (κ3) is 5.36. The van der Waals surface area contributed by atoms with Crippen LogP contribution in [0.25, 0.3) is 0 Å². The first-order valence-electron chi connectivity index (χ1n) is 11.2. The molecule has 0 spiro atoms. The standard InChI is InChI=1S/C26H26Cl3N3O3S/c1-14-11-24(35-4)15(2)16(3)26(14)36(33,34)32-25(20-10-9-19(28)12-21(20)29)23-13-22(30-31-23)17-5-7-18(27)8-6-17/h5-12,22,25,30,32H,13H2,1-4H3. The number of methoxy groups -OCH3 is 1. The van der Waals surface area contributed by atoms with Crippen LogP contribution in [0.3, 0.4) is 0 Å². The van der Waals surface area contributed by atoms with Crippen LogP contribution in [0.4, 0.5) is 0 Å². The maximum Gasteiger partial charge on any atom is 0.242 e. The summed E-state index contributed by atoms with van der Waals surface area (Å²) in [5.74, 6) is 0.636. The number of ether oxygens (including phenoxy) is 1. The SMILES string of the molecule is COc1cc(C)c(S(=O)(=O)NC(C2=NNC(c3ccc(Cl)cc3)C2)c2ccc(Cl)cc2Cl)c(C)c1C. The Labute approximate surface area is 226 Å². The van der Waals surface area contributed by atoms with Crippen LogP contribution < -0.4 is 14.9 Å². The normalized spacial score (nSPS) is 16.4. The molecule has 0 bridgehead atoms. The number of rotatable bonds is 7. The van der Waals surface area contributed by atoms with Crippen molar-refractivity contribution >= 4 is 50.5 Å². The first kappa shape index (κ1) is 26.8. The van der Waals surface area contributed by atoms with Crippen LogP contribution in [0.1, 0.15) is 46.3 Å². The fraction of sp³-hybridized carbons (Fsp3) is 0.269. The summed E-state index contributed by atoms with van der Waals surface area (Å²) in [5, 5.41) is 5.95. The lowest BCUT2D eigenvalue weighted by atomic mass is 9.96. The molecular weight excluding hydrogens is 541 g/mol. The van der Waals surface area contributed by atoms with Gasteiger partial charge in [0.15, 0.2) is 0 Å². The van der Waals surface area contributed by atoms with Crippen LogP contribution in [0.2, 0.25) is 15.1 Å². The Kier molecular flexibility index (Phi) is 7.88. The Bertz CT molecular complexity index is 1440. The first-order valence-corrected chi connectivity index (χ1v) is 13.8. The molecule has 3 aromatic carbocycles. The highest BCUT2D eigenvalue weighted by Crippen LogP contribution is 2.36. The minimum Gasteiger partial charge on any atom is -0.496 e. The van der Waals surface area contributed by atoms with Gasteiger partial charge in [-0.25, -0.2) is 8.42 Å². The number of hydrogen-bond acceptors (Lipinski definition) is 5. The topological polar surface area (TPSA) is 79.8 Å². The molecule has 2 N–H and O–H groups in total. The van der Waals surface area contributed by atoms with Crippen molar-refractivity contribution in [3.8, 4) is 5.75 Å². The van der Waals surface area contributed by atoms with Crippen LogP contribution in [0.15, 0.2) is 58.5 Å². The smallest absolute Gasteiger partial charge is 0.242 e. The van der Waals surface area contributed by atoms with E-state index in [0.717, 1.165) is 11.1 Å². The molecule has 2 unspecified atom stereocenters. The number of nitrogens with zero attached hydrogens (tertiary/aromatic N) is 1. The average Bonchev–Trinajstić information content (AvgIpc) is 3.30. The molecule has 10 heteroatoms. The van der Waals surface area contributed by atoms with Gasteiger partial charge >= 0.3 is 0 Å². The summed E-state index contributed by atoms with van der Waals surface area (Å²) in [6.07, 6.45) is 0.466. The van der Waals surface area contributed by atoms with Gasteiger partial charge in [0.2, 0.25) is 10.0 Å². The summed E-state index contributed by atoms with van der Waals surface area (Å²) >= 11 is 18.7. The maximum atomic E-state index is 13.8. The first-order chi connectivity index (χ1) is 17.0. The van der Waals surface area contributed by atoms with Gasteiger partial charge in [-0.05, 0) is 78.9 Å². The molecule has 1 aliphatic rings. The maximum absolute atomic E-state index is 13.8. The Morgan fingerprint density at radius 2 is 1.67 bits per heavy atom. The van der Waals surface area contributed by atoms with E-state index in [1.54, 1.807) is 45.2 Å². The fourth-order valence-corrected chi connectivity index (χ4v) is 6.81. The van der Waals surface area contributed by atoms with Gasteiger partial charge in [-0.3, -0.25) is 0 Å². The number of sulfonamides is 1. The van der Waals surface area contributed by atoms with E-state index >= 15 is 0 Å². The zero-order valence-electron chi connectivity index (χ0n) is 20.2. The van der Waals surface area contributed by atoms with Crippen LogP contribution in [-0.2, 0) is 10.0 Å². The van der Waals surface area contributed by atoms with E-state index in [9.17, 15) is 8.42 Å². The zero-order chi connectivity index (χ0) is 26.2. The Morgan fingerprint density at radius 3 is 2.31 bits per heavy atom. The van der Waals surface area contributed by atoms with E-state index in [1.165, 1.54) is 0 Å². The number of halogens is 3. The van der Waals surface area contributed by atoms with E-state index in [-0.39, 0.29) is 10.9 Å². The second-order valence-corrected chi connectivity index (χ2v) is 11.7. The van der Waals surface area contributed by atoms with E-state index < -0.39 is 16.1 Å². The van der Waals surface area contributed by atoms with Crippen molar-refractivity contribution in [2.24, 2.45) is 5.10 Å². The molecule has 3 aromatic rings. The zero-order valence-corrected chi connectivity index (χ0v) is 23.3. The molecule has 0 amide bonds. The molecule has 0 radical (unpaired) electrons. The minimum absolute atomic E-state index is 0.137. The number of aryl methyl sites for hydroxylation is 1. The van der Waals surface area contributed by atoms with Crippen molar-refractivity contribution in [2.45, 2.75) is 44.2 Å². The van der Waals surface area contributed by atoms with Gasteiger partial charge in [-0.2, -0.15) is 9.82 Å². The number of hydrazone groups is 1. The largest absolute Gasteiger partial charge is 0.496 e. The van der Waals surface area contributed by atoms with Gasteiger partial charge in [0.1, 0.15) is 5.75 Å². The lowest BCUT2D eigenvalue weighted by Crippen LogP contribution is -2.34. The van der Waals surface area contributed by atoms with Crippen molar-refractivity contribution in [3.05, 3.63) is 91.4 Å². The molecule has 2 atom stereocenters. The molecular formula is C26H26Cl3N3O3S. The van der Waals surface area contributed by atoms with Crippen LogP contribution in [0, 0.1) is 20.8 Å². The number of hydrogen-bond donors (Lipinski definition) is 2. The van der Waals surface area contributed by atoms with Crippen LogP contribution >= 0.6 is 34.8 Å². The number of benzene rings is 3. The molecule has 0 fully saturated rings. The van der Waals surface area contributed by atoms with Gasteiger partial charge in [0, 0.05) is 21.5 Å². The van der Waals surface area contributed by atoms with Crippen LogP contribution in [-0.4, -0.2) is 21.2 Å². The third-order valence-corrected chi connectivity index (χ3v) is 8.92. The van der Waals surface area contributed by atoms with Crippen molar-refractivity contribution < 1.29 is 13.2 Å². The number of nitrogens with one attached hydrogen (secondary N) is 2. The minimum atomic E-state index is -3.99. The summed E-state index contributed by atoms with van der Waals surface area (Å²) in [6.45, 7) is 5.36. The second kappa shape index (κ2) is 10.6. The van der Waals surface area contributed by atoms with Gasteiger partial charge in [0.05, 0.1) is 29.8 Å². The van der Waals surface area contributed by atoms with Gasteiger partial charge in [0.25, 0.3) is 0 Å². The Hall–Kier alpha value is -2.29. The molecule has 4 rings (SSSR count). The Balaban J connectivity index is 1.74. The third-order valence-electron chi connectivity index (χ3n) is 6.40. The highest BCUT2D eigenvalue weighted by atomic mass is 35.5. The molecule has 36 heavy (non-hydrogen) atoms. The molecule has 0 saturated heterocycles. The molecule has 1 heterocycles.